The van der Waals surface area contributed by atoms with E-state index in [4.69, 9.17) is 11.6 Å². The number of nitrogens with one attached hydrogen (secondary N) is 1. The Bertz CT molecular complexity index is 805. The highest BCUT2D eigenvalue weighted by molar-refractivity contribution is 7.89. The van der Waals surface area contributed by atoms with Crippen LogP contribution in [0, 0.1) is 0 Å². The number of rotatable bonds is 5. The maximum atomic E-state index is 12.3. The van der Waals surface area contributed by atoms with Crippen LogP contribution in [0.3, 0.4) is 0 Å². The Labute approximate surface area is 140 Å². The van der Waals surface area contributed by atoms with E-state index >= 15 is 0 Å². The number of hydrogen-bond donors (Lipinski definition) is 1. The molecule has 2 rings (SSSR count). The molecule has 122 valence electrons. The summed E-state index contributed by atoms with van der Waals surface area (Å²) in [6, 6.07) is 13.5. The Hall–Kier alpha value is -1.89. The molecule has 0 spiro atoms. The number of carbonyl (C=O) groups excluding carboxylic acids is 1. The smallest absolute Gasteiger partial charge is 0.253 e. The van der Waals surface area contributed by atoms with E-state index in [1.54, 1.807) is 0 Å². The van der Waals surface area contributed by atoms with Gasteiger partial charge in [-0.15, -0.1) is 0 Å². The first-order chi connectivity index (χ1) is 10.8. The Morgan fingerprint density at radius 3 is 2.39 bits per heavy atom. The second-order valence-electron chi connectivity index (χ2n) is 5.10. The van der Waals surface area contributed by atoms with E-state index in [9.17, 15) is 13.2 Å². The summed E-state index contributed by atoms with van der Waals surface area (Å²) in [5.74, 6) is -0.422. The number of carbonyl (C=O) groups is 1. The van der Waals surface area contributed by atoms with E-state index in [0.29, 0.717) is 6.54 Å². The summed E-state index contributed by atoms with van der Waals surface area (Å²) < 4.78 is 25.4. The molecule has 1 N–H and O–H groups in total. The second-order valence-corrected chi connectivity index (χ2v) is 7.66. The molecule has 5 nitrogen and oxygen atoms in total. The molecule has 0 aliphatic rings. The van der Waals surface area contributed by atoms with Gasteiger partial charge < -0.3 is 5.32 Å². The fraction of sp³-hybridized carbons (Fsp3) is 0.188. The summed E-state index contributed by atoms with van der Waals surface area (Å²) >= 11 is 6.03. The van der Waals surface area contributed by atoms with Gasteiger partial charge in [-0.3, -0.25) is 4.79 Å². The molecule has 0 aliphatic heterocycles. The molecule has 0 fully saturated rings. The lowest BCUT2D eigenvalue weighted by Gasteiger charge is -2.13. The van der Waals surface area contributed by atoms with Gasteiger partial charge >= 0.3 is 0 Å². The molecule has 23 heavy (non-hydrogen) atoms. The highest BCUT2D eigenvalue weighted by Crippen LogP contribution is 2.22. The highest BCUT2D eigenvalue weighted by atomic mass is 35.5. The molecular weight excluding hydrogens is 336 g/mol. The minimum Gasteiger partial charge on any atom is -0.348 e. The van der Waals surface area contributed by atoms with E-state index in [1.165, 1.54) is 32.3 Å². The zero-order valence-corrected chi connectivity index (χ0v) is 14.4. The van der Waals surface area contributed by atoms with Gasteiger partial charge in [-0.2, -0.15) is 0 Å². The number of amides is 1. The molecule has 0 heterocycles. The molecule has 0 atom stereocenters. The van der Waals surface area contributed by atoms with Crippen LogP contribution in [0.1, 0.15) is 15.9 Å². The number of sulfonamides is 1. The fourth-order valence-electron chi connectivity index (χ4n) is 1.92. The van der Waals surface area contributed by atoms with Crippen LogP contribution in [0.4, 0.5) is 0 Å². The van der Waals surface area contributed by atoms with Crippen molar-refractivity contribution < 1.29 is 13.2 Å². The molecule has 0 saturated heterocycles. The first-order valence-corrected chi connectivity index (χ1v) is 8.68. The molecule has 0 saturated carbocycles. The SMILES string of the molecule is CN(C)S(=O)(=O)c1ccc(Cl)c(C(=O)NCc2ccccc2)c1. The van der Waals surface area contributed by atoms with Crippen molar-refractivity contribution in [2.45, 2.75) is 11.4 Å². The molecule has 0 radical (unpaired) electrons. The Kier molecular flexibility index (Phi) is 5.41. The van der Waals surface area contributed by atoms with Crippen molar-refractivity contribution in [2.24, 2.45) is 0 Å². The van der Waals surface area contributed by atoms with Gasteiger partial charge in [0.05, 0.1) is 15.5 Å². The molecule has 0 aromatic heterocycles. The van der Waals surface area contributed by atoms with Crippen molar-refractivity contribution in [1.29, 1.82) is 0 Å². The van der Waals surface area contributed by atoms with Crippen LogP contribution >= 0.6 is 11.6 Å². The third-order valence-electron chi connectivity index (χ3n) is 3.26. The van der Waals surface area contributed by atoms with Crippen molar-refractivity contribution in [3.63, 3.8) is 0 Å². The Morgan fingerprint density at radius 2 is 1.78 bits per heavy atom. The van der Waals surface area contributed by atoms with Crippen LogP contribution in [0.2, 0.25) is 5.02 Å². The summed E-state index contributed by atoms with van der Waals surface area (Å²) in [4.78, 5) is 12.3. The Morgan fingerprint density at radius 1 is 1.13 bits per heavy atom. The first-order valence-electron chi connectivity index (χ1n) is 6.86. The molecule has 2 aromatic rings. The maximum absolute atomic E-state index is 12.3. The largest absolute Gasteiger partial charge is 0.348 e. The van der Waals surface area contributed by atoms with E-state index in [1.807, 2.05) is 30.3 Å². The highest BCUT2D eigenvalue weighted by Gasteiger charge is 2.20. The number of halogens is 1. The molecule has 0 aliphatic carbocycles. The van der Waals surface area contributed by atoms with Gasteiger partial charge in [0.2, 0.25) is 10.0 Å². The van der Waals surface area contributed by atoms with Crippen LogP contribution in [-0.4, -0.2) is 32.7 Å². The van der Waals surface area contributed by atoms with Crippen LogP contribution in [0.15, 0.2) is 53.4 Å². The summed E-state index contributed by atoms with van der Waals surface area (Å²) in [6.45, 7) is 0.334. The zero-order chi connectivity index (χ0) is 17.0. The monoisotopic (exact) mass is 352 g/mol. The molecule has 0 unspecified atom stereocenters. The summed E-state index contributed by atoms with van der Waals surface area (Å²) in [5.41, 5.74) is 1.07. The summed E-state index contributed by atoms with van der Waals surface area (Å²) in [5, 5.41) is 2.93. The minimum absolute atomic E-state index is 0.0248. The van der Waals surface area contributed by atoms with Gasteiger partial charge in [-0.05, 0) is 23.8 Å². The van der Waals surface area contributed by atoms with Crippen LogP contribution < -0.4 is 5.32 Å². The predicted octanol–water partition coefficient (Wildman–Crippen LogP) is 2.52. The lowest BCUT2D eigenvalue weighted by Crippen LogP contribution is -2.25. The van der Waals surface area contributed by atoms with Gasteiger partial charge in [0.25, 0.3) is 5.91 Å². The van der Waals surface area contributed by atoms with Gasteiger partial charge in [-0.1, -0.05) is 41.9 Å². The molecular formula is C16H17ClN2O3S. The maximum Gasteiger partial charge on any atom is 0.253 e. The molecule has 2 aromatic carbocycles. The molecule has 1 amide bonds. The van der Waals surface area contributed by atoms with Crippen LogP contribution in [0.25, 0.3) is 0 Å². The van der Waals surface area contributed by atoms with E-state index in [2.05, 4.69) is 5.32 Å². The number of hydrogen-bond acceptors (Lipinski definition) is 3. The van der Waals surface area contributed by atoms with Crippen LogP contribution in [0.5, 0.6) is 0 Å². The Balaban J connectivity index is 2.23. The summed E-state index contributed by atoms with van der Waals surface area (Å²) in [6.07, 6.45) is 0. The topological polar surface area (TPSA) is 66.5 Å². The van der Waals surface area contributed by atoms with Crippen molar-refractivity contribution in [2.75, 3.05) is 14.1 Å². The number of benzene rings is 2. The standard InChI is InChI=1S/C16H17ClN2O3S/c1-19(2)23(21,22)13-8-9-15(17)14(10-13)16(20)18-11-12-6-4-3-5-7-12/h3-10H,11H2,1-2H3,(H,18,20). The zero-order valence-electron chi connectivity index (χ0n) is 12.8. The predicted molar refractivity (Wildman–Crippen MR) is 89.9 cm³/mol. The minimum atomic E-state index is -3.62. The normalized spacial score (nSPS) is 11.5. The molecule has 0 bridgehead atoms. The third-order valence-corrected chi connectivity index (χ3v) is 5.40. The van der Waals surface area contributed by atoms with Crippen LogP contribution in [-0.2, 0) is 16.6 Å². The second kappa shape index (κ2) is 7.12. The fourth-order valence-corrected chi connectivity index (χ4v) is 3.05. The van der Waals surface area contributed by atoms with Crippen molar-refractivity contribution in [1.82, 2.24) is 9.62 Å². The van der Waals surface area contributed by atoms with E-state index in [0.717, 1.165) is 9.87 Å². The van der Waals surface area contributed by atoms with Gasteiger partial charge in [-0.25, -0.2) is 12.7 Å². The summed E-state index contributed by atoms with van der Waals surface area (Å²) in [7, 11) is -0.763. The van der Waals surface area contributed by atoms with Crippen molar-refractivity contribution in [3.05, 3.63) is 64.7 Å². The van der Waals surface area contributed by atoms with Gasteiger partial charge in [0.1, 0.15) is 0 Å². The lowest BCUT2D eigenvalue weighted by molar-refractivity contribution is 0.0951. The van der Waals surface area contributed by atoms with Gasteiger partial charge in [0, 0.05) is 20.6 Å². The number of nitrogens with zero attached hydrogens (tertiary/aromatic N) is 1. The van der Waals surface area contributed by atoms with Crippen molar-refractivity contribution in [3.8, 4) is 0 Å². The van der Waals surface area contributed by atoms with E-state index < -0.39 is 15.9 Å². The average molecular weight is 353 g/mol. The third kappa shape index (κ3) is 4.10. The van der Waals surface area contributed by atoms with E-state index in [-0.39, 0.29) is 15.5 Å². The average Bonchev–Trinajstić information content (AvgIpc) is 2.53. The first kappa shape index (κ1) is 17.5. The quantitative estimate of drug-likeness (QED) is 0.899. The molecule has 7 heteroatoms. The van der Waals surface area contributed by atoms with Crippen molar-refractivity contribution >= 4 is 27.5 Å². The lowest BCUT2D eigenvalue weighted by atomic mass is 10.2. The van der Waals surface area contributed by atoms with Gasteiger partial charge in [0.15, 0.2) is 0 Å².